The van der Waals surface area contributed by atoms with E-state index >= 15 is 0 Å². The van der Waals surface area contributed by atoms with E-state index in [1.165, 1.54) is 12.0 Å². The molecule has 0 saturated heterocycles. The van der Waals surface area contributed by atoms with E-state index in [0.29, 0.717) is 35.4 Å². The number of fused-ring (bicyclic) bond motifs is 1. The van der Waals surface area contributed by atoms with Crippen LogP contribution in [0.2, 0.25) is 0 Å². The number of anilines is 2. The van der Waals surface area contributed by atoms with Crippen LogP contribution in [0.3, 0.4) is 0 Å². The van der Waals surface area contributed by atoms with Crippen LogP contribution < -0.4 is 16.0 Å². The van der Waals surface area contributed by atoms with Crippen molar-refractivity contribution in [3.8, 4) is 0 Å². The molecule has 0 saturated carbocycles. The lowest BCUT2D eigenvalue weighted by Crippen LogP contribution is -2.33. The molecule has 4 rings (SSSR count). The number of carbonyl (C=O) groups excluding carboxylic acids is 3. The van der Waals surface area contributed by atoms with E-state index in [1.807, 2.05) is 41.9 Å². The van der Waals surface area contributed by atoms with Gasteiger partial charge >= 0.3 is 11.9 Å². The van der Waals surface area contributed by atoms with Gasteiger partial charge in [-0.2, -0.15) is 0 Å². The van der Waals surface area contributed by atoms with Crippen LogP contribution in [0.5, 0.6) is 0 Å². The van der Waals surface area contributed by atoms with Gasteiger partial charge in [0.05, 0.1) is 31.1 Å². The summed E-state index contributed by atoms with van der Waals surface area (Å²) in [5.74, 6) is 0.522. The Morgan fingerprint density at radius 2 is 1.78 bits per heavy atom. The molecule has 3 N–H and O–H groups in total. The average molecular weight is 614 g/mol. The number of pyridine rings is 1. The Labute approximate surface area is 262 Å². The van der Waals surface area contributed by atoms with Crippen LogP contribution in [0.15, 0.2) is 71.9 Å². The highest BCUT2D eigenvalue weighted by Crippen LogP contribution is 2.21. The number of nitrogens with zero attached hydrogens (tertiary/aromatic N) is 5. The Hall–Kier alpha value is -5.26. The Kier molecular flexibility index (Phi) is 11.6. The molecule has 0 aliphatic heterocycles. The number of unbranched alkanes of at least 4 members (excludes halogenated alkanes) is 2. The number of amidine groups is 1. The normalized spacial score (nSPS) is 11.3. The van der Waals surface area contributed by atoms with Crippen molar-refractivity contribution in [2.75, 3.05) is 30.6 Å². The maximum absolute atomic E-state index is 13.6. The molecule has 12 nitrogen and oxygen atoms in total. The monoisotopic (exact) mass is 613 g/mol. The molecule has 2 heterocycles. The Morgan fingerprint density at radius 3 is 2.49 bits per heavy atom. The smallest absolute Gasteiger partial charge is 0.307 e. The summed E-state index contributed by atoms with van der Waals surface area (Å²) in [4.78, 5) is 51.8. The molecule has 12 heteroatoms. The first-order chi connectivity index (χ1) is 21.8. The summed E-state index contributed by atoms with van der Waals surface area (Å²) < 4.78 is 11.9. The molecular weight excluding hydrogens is 574 g/mol. The van der Waals surface area contributed by atoms with Crippen molar-refractivity contribution in [3.05, 3.63) is 83.8 Å². The summed E-state index contributed by atoms with van der Waals surface area (Å²) in [6, 6.07) is 18.1. The first kappa shape index (κ1) is 32.6. The summed E-state index contributed by atoms with van der Waals surface area (Å²) in [7, 11) is 3.23. The third kappa shape index (κ3) is 8.88. The fourth-order valence-electron chi connectivity index (χ4n) is 4.63. The molecule has 0 unspecified atom stereocenters. The van der Waals surface area contributed by atoms with Crippen LogP contribution >= 0.6 is 0 Å². The zero-order valence-corrected chi connectivity index (χ0v) is 25.9. The number of aryl methyl sites for hydroxylation is 1. The Morgan fingerprint density at radius 1 is 1.00 bits per heavy atom. The Bertz CT molecular complexity index is 1630. The number of methoxy groups -OCH3 is 1. The molecule has 0 aliphatic carbocycles. The van der Waals surface area contributed by atoms with Crippen molar-refractivity contribution in [2.24, 2.45) is 17.8 Å². The van der Waals surface area contributed by atoms with Crippen molar-refractivity contribution < 1.29 is 23.9 Å². The lowest BCUT2D eigenvalue weighted by molar-refractivity contribution is -0.143. The molecule has 0 radical (unpaired) electrons. The minimum Gasteiger partial charge on any atom is -0.469 e. The average Bonchev–Trinajstić information content (AvgIpc) is 3.38. The van der Waals surface area contributed by atoms with E-state index in [9.17, 15) is 14.4 Å². The number of benzene rings is 2. The molecule has 0 fully saturated rings. The number of nitrogens with two attached hydrogens (primary N) is 1. The number of nitrogens with one attached hydrogen (secondary N) is 1. The fourth-order valence-corrected chi connectivity index (χ4v) is 4.63. The van der Waals surface area contributed by atoms with E-state index in [2.05, 4.69) is 22.2 Å². The van der Waals surface area contributed by atoms with Gasteiger partial charge in [0.1, 0.15) is 17.5 Å². The molecule has 2 aromatic carbocycles. The predicted molar refractivity (Wildman–Crippen MR) is 173 cm³/mol. The van der Waals surface area contributed by atoms with E-state index in [0.717, 1.165) is 36.3 Å². The van der Waals surface area contributed by atoms with Crippen LogP contribution in [-0.4, -0.2) is 58.6 Å². The topological polar surface area (TPSA) is 154 Å². The van der Waals surface area contributed by atoms with Crippen LogP contribution in [0.1, 0.15) is 60.8 Å². The fraction of sp³-hybridized carbons (Fsp3) is 0.333. The van der Waals surface area contributed by atoms with Crippen molar-refractivity contribution >= 4 is 46.2 Å². The molecule has 0 spiro atoms. The number of amides is 1. The van der Waals surface area contributed by atoms with Gasteiger partial charge in [-0.25, -0.2) is 15.0 Å². The van der Waals surface area contributed by atoms with Gasteiger partial charge in [0.2, 0.25) is 0 Å². The second-order valence-corrected chi connectivity index (χ2v) is 10.3. The van der Waals surface area contributed by atoms with Crippen LogP contribution in [0.4, 0.5) is 11.5 Å². The molecule has 2 aromatic heterocycles. The number of esters is 2. The number of aromatic nitrogens is 3. The molecule has 0 bridgehead atoms. The van der Waals surface area contributed by atoms with Gasteiger partial charge in [0, 0.05) is 43.0 Å². The quantitative estimate of drug-likeness (QED) is 0.0849. The number of imidazole rings is 1. The van der Waals surface area contributed by atoms with Gasteiger partial charge in [0.25, 0.3) is 5.91 Å². The molecule has 1 amide bonds. The van der Waals surface area contributed by atoms with Crippen LogP contribution in [0, 0.1) is 0 Å². The first-order valence-electron chi connectivity index (χ1n) is 14.9. The minimum absolute atomic E-state index is 0.0372. The number of ether oxygens (including phenoxy) is 2. The molecule has 45 heavy (non-hydrogen) atoms. The van der Waals surface area contributed by atoms with Crippen molar-refractivity contribution in [1.29, 1.82) is 0 Å². The van der Waals surface area contributed by atoms with Crippen molar-refractivity contribution in [2.45, 2.75) is 45.6 Å². The highest BCUT2D eigenvalue weighted by Gasteiger charge is 2.21. The van der Waals surface area contributed by atoms with Gasteiger partial charge in [0.15, 0.2) is 6.73 Å². The summed E-state index contributed by atoms with van der Waals surface area (Å²) in [6.07, 6.45) is 4.86. The van der Waals surface area contributed by atoms with Gasteiger partial charge < -0.3 is 25.1 Å². The second kappa shape index (κ2) is 16.0. The van der Waals surface area contributed by atoms with Gasteiger partial charge in [-0.1, -0.05) is 25.8 Å². The Balaban J connectivity index is 1.40. The third-order valence-corrected chi connectivity index (χ3v) is 7.23. The van der Waals surface area contributed by atoms with Crippen molar-refractivity contribution in [3.63, 3.8) is 0 Å². The molecule has 0 aliphatic rings. The number of hydrogen-bond donors (Lipinski definition) is 2. The highest BCUT2D eigenvalue weighted by molar-refractivity contribution is 6.07. The van der Waals surface area contributed by atoms with E-state index < -0.39 is 5.97 Å². The first-order valence-corrected chi connectivity index (χ1v) is 14.9. The zero-order valence-electron chi connectivity index (χ0n) is 25.9. The van der Waals surface area contributed by atoms with E-state index in [1.54, 1.807) is 36.5 Å². The van der Waals surface area contributed by atoms with E-state index in [4.69, 9.17) is 20.2 Å². The maximum Gasteiger partial charge on any atom is 0.307 e. The lowest BCUT2D eigenvalue weighted by Gasteiger charge is -2.21. The van der Waals surface area contributed by atoms with Crippen LogP contribution in [-0.2, 0) is 32.7 Å². The lowest BCUT2D eigenvalue weighted by atomic mass is 10.1. The second-order valence-electron chi connectivity index (χ2n) is 10.3. The largest absolute Gasteiger partial charge is 0.469 e. The van der Waals surface area contributed by atoms with Gasteiger partial charge in [-0.3, -0.25) is 19.3 Å². The molecule has 4 aromatic rings. The predicted octanol–water partition coefficient (Wildman–Crippen LogP) is 4.58. The number of carbonyl (C=O) groups is 3. The molecule has 236 valence electrons. The van der Waals surface area contributed by atoms with Crippen LogP contribution in [0.25, 0.3) is 11.0 Å². The summed E-state index contributed by atoms with van der Waals surface area (Å²) in [5.41, 5.74) is 9.61. The zero-order chi connectivity index (χ0) is 32.2. The van der Waals surface area contributed by atoms with Crippen molar-refractivity contribution in [1.82, 2.24) is 14.5 Å². The standard InChI is InChI=1S/C33H39N7O5/c1-4-5-6-10-31(42)45-22-37-32(34)23-11-14-25(15-12-23)36-21-29-38-26-20-24(13-16-27(26)39(29)2)33(43)40(19-17-30(41)44-3)28-9-7-8-18-35-28/h7-9,11-16,18,20,36H,4-6,10,17,19,21-22H2,1-3H3,(H2,34,37). The highest BCUT2D eigenvalue weighted by atomic mass is 16.5. The number of hydrogen-bond acceptors (Lipinski definition) is 9. The SMILES string of the molecule is CCCCCC(=O)OC/N=C(\N)c1ccc(NCc2nc3cc(C(=O)N(CCC(=O)OC)c4ccccn4)ccc3n2C)cc1. The summed E-state index contributed by atoms with van der Waals surface area (Å²) in [6.45, 7) is 2.53. The third-order valence-electron chi connectivity index (χ3n) is 7.23. The molecule has 0 atom stereocenters. The van der Waals surface area contributed by atoms with Gasteiger partial charge in [-0.15, -0.1) is 0 Å². The number of rotatable bonds is 15. The minimum atomic E-state index is -0.414. The summed E-state index contributed by atoms with van der Waals surface area (Å²) in [5, 5.41) is 3.36. The van der Waals surface area contributed by atoms with Gasteiger partial charge in [-0.05, 0) is 61.0 Å². The number of aliphatic imine (C=N–C) groups is 1. The van der Waals surface area contributed by atoms with E-state index in [-0.39, 0.29) is 37.4 Å². The molecular formula is C33H39N7O5. The maximum atomic E-state index is 13.6. The summed E-state index contributed by atoms with van der Waals surface area (Å²) >= 11 is 0.